The van der Waals surface area contributed by atoms with Crippen LogP contribution in [0.4, 0.5) is 0 Å². The lowest BCUT2D eigenvalue weighted by molar-refractivity contribution is 0.160. The molecule has 0 aromatic rings. The van der Waals surface area contributed by atoms with E-state index in [-0.39, 0.29) is 0 Å². The Labute approximate surface area is 84.1 Å². The average Bonchev–Trinajstić information content (AvgIpc) is 2.12. The van der Waals surface area contributed by atoms with Crippen LogP contribution in [0.15, 0.2) is 0 Å². The predicted octanol–water partition coefficient (Wildman–Crippen LogP) is 4.78. The summed E-state index contributed by atoms with van der Waals surface area (Å²) in [5, 5.41) is 0. The normalized spacial score (nSPS) is 34.8. The first-order valence-corrected chi connectivity index (χ1v) is 6.16. The molecule has 0 aromatic heterocycles. The zero-order valence-electron chi connectivity index (χ0n) is 9.73. The molecule has 0 unspecified atom stereocenters. The summed E-state index contributed by atoms with van der Waals surface area (Å²) in [6.45, 7) is 7.21. The maximum atomic E-state index is 2.51. The summed E-state index contributed by atoms with van der Waals surface area (Å²) < 4.78 is 0. The second kappa shape index (κ2) is 5.02. The minimum atomic E-state index is 0.710. The van der Waals surface area contributed by atoms with Gasteiger partial charge in [0.1, 0.15) is 0 Å². The number of hydrogen-bond acceptors (Lipinski definition) is 0. The van der Waals surface area contributed by atoms with E-state index >= 15 is 0 Å². The second-order valence-electron chi connectivity index (χ2n) is 5.45. The van der Waals surface area contributed by atoms with Gasteiger partial charge < -0.3 is 0 Å². The molecule has 1 aliphatic carbocycles. The van der Waals surface area contributed by atoms with Crippen LogP contribution in [-0.4, -0.2) is 0 Å². The Morgan fingerprint density at radius 3 is 2.31 bits per heavy atom. The molecule has 0 spiro atoms. The molecule has 0 saturated heterocycles. The van der Waals surface area contributed by atoms with Gasteiger partial charge in [-0.25, -0.2) is 0 Å². The highest BCUT2D eigenvalue weighted by Crippen LogP contribution is 2.42. The lowest BCUT2D eigenvalue weighted by Gasteiger charge is -2.36. The molecule has 1 aliphatic rings. The number of rotatable bonds is 4. The summed E-state index contributed by atoms with van der Waals surface area (Å²) in [5.74, 6) is 0.999. The van der Waals surface area contributed by atoms with Crippen LogP contribution < -0.4 is 0 Å². The van der Waals surface area contributed by atoms with Crippen molar-refractivity contribution in [2.24, 2.45) is 11.3 Å². The SMILES string of the molecule is CCCCCC1(C)CCC(C)CC1. The lowest BCUT2D eigenvalue weighted by atomic mass is 9.69. The van der Waals surface area contributed by atoms with E-state index in [0.29, 0.717) is 5.41 Å². The van der Waals surface area contributed by atoms with E-state index in [0.717, 1.165) is 5.92 Å². The van der Waals surface area contributed by atoms with Crippen molar-refractivity contribution in [2.75, 3.05) is 0 Å². The summed E-state index contributed by atoms with van der Waals surface area (Å²) in [7, 11) is 0. The molecule has 1 saturated carbocycles. The van der Waals surface area contributed by atoms with Crippen LogP contribution in [0.2, 0.25) is 0 Å². The van der Waals surface area contributed by atoms with Gasteiger partial charge >= 0.3 is 0 Å². The third-order valence-electron chi connectivity index (χ3n) is 3.87. The van der Waals surface area contributed by atoms with Crippen LogP contribution in [0.25, 0.3) is 0 Å². The van der Waals surface area contributed by atoms with E-state index in [9.17, 15) is 0 Å². The van der Waals surface area contributed by atoms with Gasteiger partial charge in [-0.05, 0) is 30.6 Å². The molecule has 0 radical (unpaired) electrons. The molecular weight excluding hydrogens is 156 g/mol. The van der Waals surface area contributed by atoms with Crippen molar-refractivity contribution in [2.45, 2.75) is 72.1 Å². The lowest BCUT2D eigenvalue weighted by Crippen LogP contribution is -2.23. The quantitative estimate of drug-likeness (QED) is 0.549. The van der Waals surface area contributed by atoms with Crippen molar-refractivity contribution in [1.29, 1.82) is 0 Å². The van der Waals surface area contributed by atoms with Crippen molar-refractivity contribution in [3.8, 4) is 0 Å². The Kier molecular flexibility index (Phi) is 4.28. The number of hydrogen-bond donors (Lipinski definition) is 0. The smallest absolute Gasteiger partial charge is 0.0326 e. The fourth-order valence-corrected chi connectivity index (χ4v) is 2.51. The third kappa shape index (κ3) is 3.70. The molecule has 1 fully saturated rings. The Morgan fingerprint density at radius 2 is 1.77 bits per heavy atom. The van der Waals surface area contributed by atoms with Gasteiger partial charge in [0.2, 0.25) is 0 Å². The molecule has 78 valence electrons. The van der Waals surface area contributed by atoms with E-state index in [1.165, 1.54) is 51.4 Å². The van der Waals surface area contributed by atoms with Gasteiger partial charge in [0.25, 0.3) is 0 Å². The average molecular weight is 182 g/mol. The molecule has 1 rings (SSSR count). The van der Waals surface area contributed by atoms with Crippen LogP contribution in [0, 0.1) is 11.3 Å². The van der Waals surface area contributed by atoms with Crippen LogP contribution >= 0.6 is 0 Å². The van der Waals surface area contributed by atoms with E-state index in [1.807, 2.05) is 0 Å². The third-order valence-corrected chi connectivity index (χ3v) is 3.87. The molecule has 0 amide bonds. The first kappa shape index (κ1) is 11.1. The molecule has 0 atom stereocenters. The van der Waals surface area contributed by atoms with Gasteiger partial charge in [-0.1, -0.05) is 52.9 Å². The van der Waals surface area contributed by atoms with Gasteiger partial charge in [-0.2, -0.15) is 0 Å². The van der Waals surface area contributed by atoms with Gasteiger partial charge in [-0.3, -0.25) is 0 Å². The highest BCUT2D eigenvalue weighted by Gasteiger charge is 2.28. The Hall–Kier alpha value is 0. The fourth-order valence-electron chi connectivity index (χ4n) is 2.51. The fraction of sp³-hybridized carbons (Fsp3) is 1.00. The van der Waals surface area contributed by atoms with Crippen LogP contribution in [-0.2, 0) is 0 Å². The summed E-state index contributed by atoms with van der Waals surface area (Å²) in [6, 6.07) is 0. The highest BCUT2D eigenvalue weighted by atomic mass is 14.3. The largest absolute Gasteiger partial charge is 0.0654 e. The van der Waals surface area contributed by atoms with Crippen molar-refractivity contribution >= 4 is 0 Å². The molecule has 13 heavy (non-hydrogen) atoms. The van der Waals surface area contributed by atoms with Gasteiger partial charge in [0, 0.05) is 0 Å². The Morgan fingerprint density at radius 1 is 1.15 bits per heavy atom. The highest BCUT2D eigenvalue weighted by molar-refractivity contribution is 4.80. The molecule has 0 aromatic carbocycles. The minimum absolute atomic E-state index is 0.710. The molecule has 0 bridgehead atoms. The Bertz CT molecular complexity index is 129. The topological polar surface area (TPSA) is 0 Å². The van der Waals surface area contributed by atoms with E-state index in [1.54, 1.807) is 0 Å². The molecule has 0 heteroatoms. The van der Waals surface area contributed by atoms with Crippen molar-refractivity contribution in [1.82, 2.24) is 0 Å². The van der Waals surface area contributed by atoms with Crippen LogP contribution in [0.1, 0.15) is 72.1 Å². The first-order valence-electron chi connectivity index (χ1n) is 6.16. The molecule has 0 nitrogen and oxygen atoms in total. The first-order chi connectivity index (χ1) is 6.16. The number of unbranched alkanes of at least 4 members (excludes halogenated alkanes) is 2. The van der Waals surface area contributed by atoms with Gasteiger partial charge in [-0.15, -0.1) is 0 Å². The molecular formula is C13H26. The molecule has 0 N–H and O–H groups in total. The minimum Gasteiger partial charge on any atom is -0.0654 e. The van der Waals surface area contributed by atoms with E-state index in [4.69, 9.17) is 0 Å². The standard InChI is InChI=1S/C13H26/c1-4-5-6-9-13(3)10-7-12(2)8-11-13/h12H,4-11H2,1-3H3. The monoisotopic (exact) mass is 182 g/mol. The summed E-state index contributed by atoms with van der Waals surface area (Å²) in [4.78, 5) is 0. The maximum absolute atomic E-state index is 2.51. The summed E-state index contributed by atoms with van der Waals surface area (Å²) >= 11 is 0. The molecule has 0 aliphatic heterocycles. The van der Waals surface area contributed by atoms with Crippen LogP contribution in [0.3, 0.4) is 0 Å². The zero-order chi connectivity index (χ0) is 9.73. The van der Waals surface area contributed by atoms with E-state index < -0.39 is 0 Å². The molecule has 0 heterocycles. The predicted molar refractivity (Wildman–Crippen MR) is 59.9 cm³/mol. The van der Waals surface area contributed by atoms with Crippen molar-refractivity contribution in [3.05, 3.63) is 0 Å². The van der Waals surface area contributed by atoms with Crippen molar-refractivity contribution in [3.63, 3.8) is 0 Å². The van der Waals surface area contributed by atoms with E-state index in [2.05, 4.69) is 20.8 Å². The van der Waals surface area contributed by atoms with Crippen molar-refractivity contribution < 1.29 is 0 Å². The maximum Gasteiger partial charge on any atom is -0.0326 e. The summed E-state index contributed by atoms with van der Waals surface area (Å²) in [5.41, 5.74) is 0.710. The van der Waals surface area contributed by atoms with Crippen LogP contribution in [0.5, 0.6) is 0 Å². The zero-order valence-corrected chi connectivity index (χ0v) is 9.73. The van der Waals surface area contributed by atoms with Gasteiger partial charge in [0.05, 0.1) is 0 Å². The second-order valence-corrected chi connectivity index (χ2v) is 5.45. The summed E-state index contributed by atoms with van der Waals surface area (Å²) in [6.07, 6.45) is 11.7. The Balaban J connectivity index is 2.22. The van der Waals surface area contributed by atoms with Gasteiger partial charge in [0.15, 0.2) is 0 Å².